The fourth-order valence-electron chi connectivity index (χ4n) is 3.27. The molecule has 1 aliphatic rings. The molecule has 1 atom stereocenters. The smallest absolute Gasteiger partial charge is 0.172 e. The second kappa shape index (κ2) is 6.49. The fourth-order valence-corrected chi connectivity index (χ4v) is 3.27. The summed E-state index contributed by atoms with van der Waals surface area (Å²) in [6, 6.07) is 13.0. The van der Waals surface area contributed by atoms with Crippen LogP contribution in [0.15, 0.2) is 42.6 Å². The molecule has 0 saturated heterocycles. The first kappa shape index (κ1) is 15.0. The van der Waals surface area contributed by atoms with E-state index in [4.69, 9.17) is 0 Å². The molecular formula is C18H20N6. The zero-order valence-electron chi connectivity index (χ0n) is 13.7. The highest BCUT2D eigenvalue weighted by atomic mass is 15.6. The van der Waals surface area contributed by atoms with Crippen LogP contribution in [-0.2, 0) is 19.4 Å². The molecule has 0 aliphatic heterocycles. The van der Waals surface area contributed by atoms with E-state index in [-0.39, 0.29) is 0 Å². The second-order valence-corrected chi connectivity index (χ2v) is 6.05. The molecule has 0 fully saturated rings. The average Bonchev–Trinajstić information content (AvgIpc) is 3.27. The van der Waals surface area contributed by atoms with Gasteiger partial charge in [0.1, 0.15) is 0 Å². The van der Waals surface area contributed by atoms with Gasteiger partial charge in [-0.05, 0) is 58.5 Å². The quantitative estimate of drug-likeness (QED) is 0.782. The van der Waals surface area contributed by atoms with E-state index in [0.717, 1.165) is 30.9 Å². The maximum absolute atomic E-state index is 4.40. The third-order valence-electron chi connectivity index (χ3n) is 4.61. The highest BCUT2D eigenvalue weighted by Gasteiger charge is 2.22. The van der Waals surface area contributed by atoms with Gasteiger partial charge in [-0.15, -0.1) is 5.10 Å². The highest BCUT2D eigenvalue weighted by molar-refractivity contribution is 5.34. The van der Waals surface area contributed by atoms with Crippen LogP contribution in [0.2, 0.25) is 0 Å². The lowest BCUT2D eigenvalue weighted by atomic mass is 10.1. The van der Waals surface area contributed by atoms with Gasteiger partial charge in [0.2, 0.25) is 0 Å². The van der Waals surface area contributed by atoms with Crippen LogP contribution in [0.5, 0.6) is 0 Å². The molecule has 0 unspecified atom stereocenters. The summed E-state index contributed by atoms with van der Waals surface area (Å²) in [5.41, 5.74) is 4.05. The van der Waals surface area contributed by atoms with Crippen LogP contribution in [0.1, 0.15) is 41.9 Å². The van der Waals surface area contributed by atoms with Crippen LogP contribution in [-0.4, -0.2) is 25.2 Å². The Balaban J connectivity index is 1.52. The topological polar surface area (TPSA) is 68.5 Å². The van der Waals surface area contributed by atoms with Crippen molar-refractivity contribution in [1.82, 2.24) is 30.5 Å². The molecule has 2 heterocycles. The maximum Gasteiger partial charge on any atom is 0.172 e. The van der Waals surface area contributed by atoms with Gasteiger partial charge >= 0.3 is 0 Å². The summed E-state index contributed by atoms with van der Waals surface area (Å²) < 4.78 is 1.72. The number of fused-ring (bicyclic) bond motifs is 1. The molecule has 24 heavy (non-hydrogen) atoms. The number of pyridine rings is 1. The van der Waals surface area contributed by atoms with Gasteiger partial charge in [-0.3, -0.25) is 0 Å². The maximum atomic E-state index is 4.40. The average molecular weight is 320 g/mol. The number of aryl methyl sites for hydroxylation is 2. The largest absolute Gasteiger partial charge is 0.303 e. The number of nitrogens with one attached hydrogen (secondary N) is 1. The van der Waals surface area contributed by atoms with Gasteiger partial charge in [-0.25, -0.2) is 4.98 Å². The van der Waals surface area contributed by atoms with Gasteiger partial charge in [-0.1, -0.05) is 31.2 Å². The number of nitrogens with zero attached hydrogens (tertiary/aromatic N) is 5. The van der Waals surface area contributed by atoms with Gasteiger partial charge in [-0.2, -0.15) is 4.68 Å². The predicted molar refractivity (Wildman–Crippen MR) is 90.7 cm³/mol. The third-order valence-corrected chi connectivity index (χ3v) is 4.61. The summed E-state index contributed by atoms with van der Waals surface area (Å²) in [6.45, 7) is 2.74. The molecule has 1 aromatic carbocycles. The van der Waals surface area contributed by atoms with Crippen molar-refractivity contribution in [2.45, 2.75) is 38.8 Å². The Morgan fingerprint density at radius 1 is 1.25 bits per heavy atom. The first-order chi connectivity index (χ1) is 11.8. The van der Waals surface area contributed by atoms with E-state index < -0.39 is 0 Å². The molecule has 0 radical (unpaired) electrons. The van der Waals surface area contributed by atoms with Crippen LogP contribution in [0.4, 0.5) is 0 Å². The van der Waals surface area contributed by atoms with E-state index in [0.29, 0.717) is 12.6 Å². The predicted octanol–water partition coefficient (Wildman–Crippen LogP) is 2.40. The van der Waals surface area contributed by atoms with E-state index >= 15 is 0 Å². The zero-order valence-corrected chi connectivity index (χ0v) is 13.7. The molecule has 6 heteroatoms. The van der Waals surface area contributed by atoms with Gasteiger partial charge in [0.25, 0.3) is 0 Å². The SMILES string of the molecule is CCc1ccnc(-n2nnnc2CN[C@@H]2CCc3ccccc32)c1. The normalized spacial score (nSPS) is 16.3. The Morgan fingerprint density at radius 2 is 2.17 bits per heavy atom. The fraction of sp³-hybridized carbons (Fsp3) is 0.333. The zero-order chi connectivity index (χ0) is 16.4. The van der Waals surface area contributed by atoms with Crippen molar-refractivity contribution in [2.75, 3.05) is 0 Å². The van der Waals surface area contributed by atoms with E-state index in [1.165, 1.54) is 16.7 Å². The lowest BCUT2D eigenvalue weighted by molar-refractivity contribution is 0.512. The van der Waals surface area contributed by atoms with Crippen LogP contribution in [0, 0.1) is 0 Å². The standard InChI is InChI=1S/C18H20N6/c1-2-13-9-10-19-17(11-13)24-18(21-22-23-24)12-20-16-8-7-14-5-3-4-6-15(14)16/h3-6,9-11,16,20H,2,7-8,12H2,1H3/t16-/m1/s1. The molecule has 0 amide bonds. The van der Waals surface area contributed by atoms with E-state index in [9.17, 15) is 0 Å². The lowest BCUT2D eigenvalue weighted by Crippen LogP contribution is -2.21. The number of benzene rings is 1. The summed E-state index contributed by atoms with van der Waals surface area (Å²) >= 11 is 0. The van der Waals surface area contributed by atoms with Gasteiger partial charge in [0.05, 0.1) is 6.54 Å². The summed E-state index contributed by atoms with van der Waals surface area (Å²) in [5.74, 6) is 1.54. The van der Waals surface area contributed by atoms with Crippen LogP contribution in [0.3, 0.4) is 0 Å². The van der Waals surface area contributed by atoms with Gasteiger partial charge < -0.3 is 5.32 Å². The first-order valence-electron chi connectivity index (χ1n) is 8.39. The first-order valence-corrected chi connectivity index (χ1v) is 8.39. The number of tetrazole rings is 1. The molecule has 1 N–H and O–H groups in total. The van der Waals surface area contributed by atoms with E-state index in [2.05, 4.69) is 57.0 Å². The Labute approximate surface area is 140 Å². The van der Waals surface area contributed by atoms with E-state index in [1.54, 1.807) is 10.9 Å². The van der Waals surface area contributed by atoms with Crippen LogP contribution >= 0.6 is 0 Å². The molecule has 0 spiro atoms. The molecule has 1 aliphatic carbocycles. The summed E-state index contributed by atoms with van der Waals surface area (Å²) in [6.07, 6.45) is 5.01. The van der Waals surface area contributed by atoms with Crippen molar-refractivity contribution >= 4 is 0 Å². The molecule has 0 saturated carbocycles. The van der Waals surface area contributed by atoms with Crippen molar-refractivity contribution in [3.8, 4) is 5.82 Å². The summed E-state index contributed by atoms with van der Waals surface area (Å²) in [4.78, 5) is 4.40. The molecule has 3 aromatic rings. The minimum Gasteiger partial charge on any atom is -0.303 e. The Kier molecular flexibility index (Phi) is 4.04. The molecule has 4 rings (SSSR count). The third kappa shape index (κ3) is 2.80. The molecule has 122 valence electrons. The van der Waals surface area contributed by atoms with Crippen molar-refractivity contribution in [3.05, 3.63) is 65.1 Å². The van der Waals surface area contributed by atoms with Gasteiger partial charge in [0.15, 0.2) is 11.6 Å². The number of hydrogen-bond acceptors (Lipinski definition) is 5. The lowest BCUT2D eigenvalue weighted by Gasteiger charge is -2.13. The summed E-state index contributed by atoms with van der Waals surface area (Å²) in [7, 11) is 0. The Morgan fingerprint density at radius 3 is 3.08 bits per heavy atom. The molecule has 2 aromatic heterocycles. The monoisotopic (exact) mass is 320 g/mol. The summed E-state index contributed by atoms with van der Waals surface area (Å²) in [5, 5.41) is 15.7. The van der Waals surface area contributed by atoms with Gasteiger partial charge in [0, 0.05) is 12.2 Å². The van der Waals surface area contributed by atoms with Crippen molar-refractivity contribution in [1.29, 1.82) is 0 Å². The minimum atomic E-state index is 0.362. The van der Waals surface area contributed by atoms with Crippen molar-refractivity contribution in [2.24, 2.45) is 0 Å². The Hall–Kier alpha value is -2.60. The number of rotatable bonds is 5. The molecule has 6 nitrogen and oxygen atoms in total. The number of aromatic nitrogens is 5. The second-order valence-electron chi connectivity index (χ2n) is 6.05. The van der Waals surface area contributed by atoms with Crippen LogP contribution in [0.25, 0.3) is 5.82 Å². The van der Waals surface area contributed by atoms with Crippen LogP contribution < -0.4 is 5.32 Å². The molecule has 0 bridgehead atoms. The number of hydrogen-bond donors (Lipinski definition) is 1. The minimum absolute atomic E-state index is 0.362. The molecular weight excluding hydrogens is 300 g/mol. The Bertz CT molecular complexity index is 841. The van der Waals surface area contributed by atoms with Crippen molar-refractivity contribution < 1.29 is 0 Å². The van der Waals surface area contributed by atoms with E-state index in [1.807, 2.05) is 12.1 Å². The highest BCUT2D eigenvalue weighted by Crippen LogP contribution is 2.30. The van der Waals surface area contributed by atoms with Crippen molar-refractivity contribution in [3.63, 3.8) is 0 Å².